The van der Waals surface area contributed by atoms with Crippen molar-refractivity contribution in [3.63, 3.8) is 0 Å². The summed E-state index contributed by atoms with van der Waals surface area (Å²) in [6, 6.07) is 6.36. The average molecular weight is 766 g/mol. The standard InChI is InChI=1S/C34H44Br2ClN5O3/c35-26-18-25-5-4-24-19-27(37)20-28(36)31(24)32(33(25)39-21-26)23-8-15-41(16-9-23)30(44)17-22-6-13-40(14-7-22)29(43)3-1-11-42-12-2-10-38-34(42)45/h18-23,30,32,44H,1-17H2,(H,38,45)/t30?,32-/m1/s1. The molecule has 0 bridgehead atoms. The number of rotatable bonds is 8. The van der Waals surface area contributed by atoms with E-state index in [0.29, 0.717) is 31.2 Å². The lowest BCUT2D eigenvalue weighted by molar-refractivity contribution is -0.133. The number of hydrogen-bond donors (Lipinski definition) is 2. The van der Waals surface area contributed by atoms with E-state index < -0.39 is 6.23 Å². The van der Waals surface area contributed by atoms with Crippen LogP contribution in [0.3, 0.4) is 0 Å². The van der Waals surface area contributed by atoms with Gasteiger partial charge in [0.05, 0.1) is 5.69 Å². The highest BCUT2D eigenvalue weighted by Gasteiger charge is 2.37. The predicted octanol–water partition coefficient (Wildman–Crippen LogP) is 6.35. The third-order valence-electron chi connectivity index (χ3n) is 10.4. The number of nitrogens with one attached hydrogen (secondary N) is 1. The van der Waals surface area contributed by atoms with Crippen LogP contribution in [0, 0.1) is 11.8 Å². The van der Waals surface area contributed by atoms with Crippen LogP contribution in [0.1, 0.15) is 79.7 Å². The maximum absolute atomic E-state index is 12.8. The van der Waals surface area contributed by atoms with E-state index in [1.165, 1.54) is 22.4 Å². The van der Waals surface area contributed by atoms with Gasteiger partial charge in [0.2, 0.25) is 5.91 Å². The number of pyridine rings is 1. The Bertz CT molecular complexity index is 1380. The molecule has 2 N–H and O–H groups in total. The second-order valence-corrected chi connectivity index (χ2v) is 15.4. The Kier molecular flexibility index (Phi) is 11.1. The molecule has 8 nitrogen and oxygen atoms in total. The molecule has 2 aromatic rings. The maximum Gasteiger partial charge on any atom is 0.317 e. The van der Waals surface area contributed by atoms with Crippen molar-refractivity contribution in [2.75, 3.05) is 45.8 Å². The molecule has 2 atom stereocenters. The van der Waals surface area contributed by atoms with Gasteiger partial charge in [-0.25, -0.2) is 4.79 Å². The van der Waals surface area contributed by atoms with Crippen LogP contribution < -0.4 is 5.32 Å². The van der Waals surface area contributed by atoms with E-state index in [1.807, 2.05) is 22.1 Å². The topological polar surface area (TPSA) is 89.0 Å². The molecular formula is C34H44Br2ClN5O3. The molecule has 3 fully saturated rings. The van der Waals surface area contributed by atoms with E-state index in [2.05, 4.69) is 54.2 Å². The number of amides is 3. The molecule has 0 radical (unpaired) electrons. The quantitative estimate of drug-likeness (QED) is 0.328. The minimum absolute atomic E-state index is 0.0127. The van der Waals surface area contributed by atoms with Crippen LogP contribution in [-0.2, 0) is 17.6 Å². The highest BCUT2D eigenvalue weighted by atomic mass is 79.9. The lowest BCUT2D eigenvalue weighted by Crippen LogP contribution is -2.47. The number of fused-ring (bicyclic) bond motifs is 2. The summed E-state index contributed by atoms with van der Waals surface area (Å²) in [5.41, 5.74) is 5.10. The van der Waals surface area contributed by atoms with Crippen molar-refractivity contribution in [3.05, 3.63) is 60.7 Å². The highest BCUT2D eigenvalue weighted by molar-refractivity contribution is 9.10. The van der Waals surface area contributed by atoms with Crippen molar-refractivity contribution in [2.45, 2.75) is 76.4 Å². The van der Waals surface area contributed by atoms with Gasteiger partial charge >= 0.3 is 6.03 Å². The molecule has 244 valence electrons. The van der Waals surface area contributed by atoms with E-state index in [4.69, 9.17) is 16.6 Å². The fourth-order valence-corrected chi connectivity index (χ4v) is 9.42. The largest absolute Gasteiger partial charge is 0.378 e. The first kappa shape index (κ1) is 33.2. The van der Waals surface area contributed by atoms with Gasteiger partial charge in [-0.3, -0.25) is 14.7 Å². The number of carbonyl (C=O) groups is 2. The van der Waals surface area contributed by atoms with Crippen molar-refractivity contribution in [1.29, 1.82) is 0 Å². The predicted molar refractivity (Wildman–Crippen MR) is 183 cm³/mol. The summed E-state index contributed by atoms with van der Waals surface area (Å²) in [7, 11) is 0. The molecule has 6 rings (SSSR count). The van der Waals surface area contributed by atoms with Gasteiger partial charge in [-0.15, -0.1) is 0 Å². The molecule has 4 heterocycles. The van der Waals surface area contributed by atoms with Crippen molar-refractivity contribution in [2.24, 2.45) is 11.8 Å². The van der Waals surface area contributed by atoms with Gasteiger partial charge in [0, 0.05) is 78.3 Å². The molecule has 3 saturated heterocycles. The summed E-state index contributed by atoms with van der Waals surface area (Å²) >= 11 is 14.0. The van der Waals surface area contributed by atoms with Crippen molar-refractivity contribution in [1.82, 2.24) is 25.0 Å². The molecule has 1 aromatic carbocycles. The van der Waals surface area contributed by atoms with Crippen LogP contribution in [0.15, 0.2) is 33.3 Å². The van der Waals surface area contributed by atoms with E-state index in [9.17, 15) is 14.7 Å². The van der Waals surface area contributed by atoms with Gasteiger partial charge in [-0.2, -0.15) is 0 Å². The number of piperidine rings is 2. The first-order valence-corrected chi connectivity index (χ1v) is 18.6. The third-order valence-corrected chi connectivity index (χ3v) is 11.7. The van der Waals surface area contributed by atoms with Crippen LogP contribution in [0.25, 0.3) is 0 Å². The Labute approximate surface area is 288 Å². The number of aliphatic hydroxyl groups is 1. The van der Waals surface area contributed by atoms with Crippen molar-refractivity contribution < 1.29 is 14.7 Å². The summed E-state index contributed by atoms with van der Waals surface area (Å²) in [6.45, 7) is 5.39. The van der Waals surface area contributed by atoms with Crippen LogP contribution >= 0.6 is 43.5 Å². The Hall–Kier alpha value is -1.72. The molecule has 11 heteroatoms. The minimum atomic E-state index is -0.456. The van der Waals surface area contributed by atoms with Crippen LogP contribution in [0.2, 0.25) is 5.02 Å². The number of carbonyl (C=O) groups excluding carboxylic acids is 2. The highest BCUT2D eigenvalue weighted by Crippen LogP contribution is 2.46. The maximum atomic E-state index is 12.8. The molecule has 1 aromatic heterocycles. The fourth-order valence-electron chi connectivity index (χ4n) is 7.92. The Morgan fingerprint density at radius 3 is 2.56 bits per heavy atom. The van der Waals surface area contributed by atoms with E-state index in [-0.39, 0.29) is 17.9 Å². The minimum Gasteiger partial charge on any atom is -0.378 e. The number of nitrogens with zero attached hydrogens (tertiary/aromatic N) is 4. The number of aromatic nitrogens is 1. The van der Waals surface area contributed by atoms with Gasteiger partial charge in [-0.1, -0.05) is 27.5 Å². The molecule has 1 unspecified atom stereocenters. The normalized spacial score (nSPS) is 22.4. The molecule has 0 saturated carbocycles. The van der Waals surface area contributed by atoms with Crippen molar-refractivity contribution >= 4 is 55.4 Å². The lowest BCUT2D eigenvalue weighted by Gasteiger charge is -2.40. The fraction of sp³-hybridized carbons (Fsp3) is 0.618. The number of aliphatic hydroxyl groups excluding tert-OH is 1. The van der Waals surface area contributed by atoms with Gasteiger partial charge in [0.25, 0.3) is 0 Å². The second-order valence-electron chi connectivity index (χ2n) is 13.2. The second kappa shape index (κ2) is 15.0. The van der Waals surface area contributed by atoms with Crippen LogP contribution in [0.4, 0.5) is 4.79 Å². The summed E-state index contributed by atoms with van der Waals surface area (Å²) in [5.74, 6) is 1.22. The zero-order valence-electron chi connectivity index (χ0n) is 25.8. The summed E-state index contributed by atoms with van der Waals surface area (Å²) < 4.78 is 2.08. The molecule has 3 amide bonds. The zero-order chi connectivity index (χ0) is 31.5. The van der Waals surface area contributed by atoms with Crippen molar-refractivity contribution in [3.8, 4) is 0 Å². The molecular weight excluding hydrogens is 722 g/mol. The number of hydrogen-bond acceptors (Lipinski definition) is 5. The van der Waals surface area contributed by atoms with E-state index >= 15 is 0 Å². The Balaban J connectivity index is 1.00. The SMILES string of the molecule is O=C(CCCN1CCCNC1=O)N1CCC(CC(O)N2CCC([C@H]3c4ncc(Br)cc4CCc4cc(Cl)cc(Br)c43)CC2)CC1. The van der Waals surface area contributed by atoms with Gasteiger partial charge in [0.15, 0.2) is 0 Å². The van der Waals surface area contributed by atoms with E-state index in [1.54, 1.807) is 0 Å². The Morgan fingerprint density at radius 2 is 1.80 bits per heavy atom. The van der Waals surface area contributed by atoms with Crippen LogP contribution in [0.5, 0.6) is 0 Å². The molecule has 4 aliphatic rings. The zero-order valence-corrected chi connectivity index (χ0v) is 29.8. The summed E-state index contributed by atoms with van der Waals surface area (Å²) in [5, 5.41) is 14.9. The molecule has 1 aliphatic carbocycles. The number of urea groups is 1. The Morgan fingerprint density at radius 1 is 1.04 bits per heavy atom. The molecule has 45 heavy (non-hydrogen) atoms. The molecule has 0 spiro atoms. The van der Waals surface area contributed by atoms with Crippen LogP contribution in [-0.4, -0.2) is 88.8 Å². The number of benzene rings is 1. The number of aryl methyl sites for hydroxylation is 2. The first-order valence-electron chi connectivity index (χ1n) is 16.6. The molecule has 3 aliphatic heterocycles. The average Bonchev–Trinajstić information content (AvgIpc) is 3.19. The number of halogens is 3. The van der Waals surface area contributed by atoms with Gasteiger partial charge in [0.1, 0.15) is 6.23 Å². The lowest BCUT2D eigenvalue weighted by atomic mass is 9.76. The van der Waals surface area contributed by atoms with Gasteiger partial charge in [-0.05, 0) is 120 Å². The van der Waals surface area contributed by atoms with E-state index in [0.717, 1.165) is 105 Å². The summed E-state index contributed by atoms with van der Waals surface area (Å²) in [4.78, 5) is 35.8. The third kappa shape index (κ3) is 7.88. The summed E-state index contributed by atoms with van der Waals surface area (Å²) in [6.07, 6.45) is 10.1. The smallest absolute Gasteiger partial charge is 0.317 e. The first-order chi connectivity index (χ1) is 21.8. The monoisotopic (exact) mass is 763 g/mol. The number of likely N-dealkylation sites (tertiary alicyclic amines) is 2. The van der Waals surface area contributed by atoms with Gasteiger partial charge < -0.3 is 20.2 Å².